The molecule has 0 bridgehead atoms. The molecule has 0 unspecified atom stereocenters. The van der Waals surface area contributed by atoms with Gasteiger partial charge in [0.05, 0.1) is 45.3 Å². The summed E-state index contributed by atoms with van der Waals surface area (Å²) >= 11 is 5.95. The van der Waals surface area contributed by atoms with Gasteiger partial charge in [0.1, 0.15) is 24.1 Å². The molecule has 5 aromatic rings. The Morgan fingerprint density at radius 2 is 1.54 bits per heavy atom. The van der Waals surface area contributed by atoms with Crippen molar-refractivity contribution in [1.82, 2.24) is 20.1 Å². The summed E-state index contributed by atoms with van der Waals surface area (Å²) in [6.07, 6.45) is 11.7. The fourth-order valence-corrected chi connectivity index (χ4v) is 12.2. The third kappa shape index (κ3) is 12.1. The van der Waals surface area contributed by atoms with Gasteiger partial charge in [0.25, 0.3) is 20.2 Å². The Bertz CT molecular complexity index is 3650. The summed E-state index contributed by atoms with van der Waals surface area (Å²) < 4.78 is 103. The number of carbonyl (C=O) groups excluding carboxylic acids is 4. The second-order valence-corrected chi connectivity index (χ2v) is 24.4. The van der Waals surface area contributed by atoms with Gasteiger partial charge in [-0.3, -0.25) is 28.1 Å². The van der Waals surface area contributed by atoms with E-state index in [1.54, 1.807) is 36.4 Å². The highest BCUT2D eigenvalue weighted by atomic mass is 35.5. The molecule has 4 aromatic carbocycles. The van der Waals surface area contributed by atoms with Gasteiger partial charge in [0, 0.05) is 84.0 Å². The van der Waals surface area contributed by atoms with Crippen molar-refractivity contribution in [3.63, 3.8) is 0 Å². The lowest BCUT2D eigenvalue weighted by molar-refractivity contribution is -0.438. The van der Waals surface area contributed by atoms with Gasteiger partial charge in [-0.15, -0.1) is 0 Å². The van der Waals surface area contributed by atoms with Crippen LogP contribution in [-0.4, -0.2) is 107 Å². The molecule has 0 aliphatic carbocycles. The zero-order valence-electron chi connectivity index (χ0n) is 44.3. The quantitative estimate of drug-likeness (QED) is 0.0227. The van der Waals surface area contributed by atoms with Crippen molar-refractivity contribution in [3.8, 4) is 0 Å². The van der Waals surface area contributed by atoms with Crippen LogP contribution in [0.2, 0.25) is 5.02 Å². The van der Waals surface area contributed by atoms with Crippen LogP contribution in [0.1, 0.15) is 89.0 Å². The number of aromatic nitrogens is 1. The summed E-state index contributed by atoms with van der Waals surface area (Å²) in [5.41, 5.74) is 7.77. The minimum Gasteiger partial charge on any atom is -0.353 e. The molecular weight excluding hydrogens is 1080 g/mol. The summed E-state index contributed by atoms with van der Waals surface area (Å²) in [5, 5.41) is 5.68. The number of para-hydroxylation sites is 1. The first kappa shape index (κ1) is 58.1. The lowest BCUT2D eigenvalue weighted by atomic mass is 9.81. The molecule has 1 saturated heterocycles. The van der Waals surface area contributed by atoms with E-state index in [1.807, 2.05) is 65.0 Å². The number of primary amides is 1. The largest absolute Gasteiger partial charge is 0.353 e. The van der Waals surface area contributed by atoms with Crippen LogP contribution in [0.5, 0.6) is 0 Å². The SMILES string of the molecule is CCN1C(=CC=CC=CC2=[N+](CCCCCC(=O)NC[C@@]3(F)C[C@@H](C(=O)NCc4cccc(Cl)c4F)N(C(=O)Cc4cn(C(N)=O)c5ccccc45)C3)c3ccc(S(=O)(=O)O)cc3C2(C)C)C(C)(C)c2cc(S(=O)(=O)O)ccc21. The van der Waals surface area contributed by atoms with Crippen molar-refractivity contribution in [1.29, 1.82) is 0 Å². The molecule has 4 heterocycles. The summed E-state index contributed by atoms with van der Waals surface area (Å²) in [4.78, 5) is 56.2. The first-order valence-electron chi connectivity index (χ1n) is 25.7. The highest BCUT2D eigenvalue weighted by Gasteiger charge is 2.50. The Kier molecular flexibility index (Phi) is 16.6. The monoisotopic (exact) mass is 1140 g/mol. The van der Waals surface area contributed by atoms with Crippen LogP contribution in [0, 0.1) is 5.82 Å². The molecule has 1 fully saturated rings. The van der Waals surface area contributed by atoms with E-state index in [-0.39, 0.29) is 39.8 Å². The first-order valence-corrected chi connectivity index (χ1v) is 29.0. The average molecular weight is 1140 g/mol. The molecule has 3 aliphatic rings. The van der Waals surface area contributed by atoms with Crippen LogP contribution in [0.25, 0.3) is 10.9 Å². The minimum absolute atomic E-state index is 0.0351. The second kappa shape index (κ2) is 22.6. The molecule has 418 valence electrons. The van der Waals surface area contributed by atoms with E-state index in [1.165, 1.54) is 53.2 Å². The van der Waals surface area contributed by atoms with Crippen molar-refractivity contribution >= 4 is 83.6 Å². The molecule has 22 heteroatoms. The zero-order valence-corrected chi connectivity index (χ0v) is 46.7. The number of likely N-dealkylation sites (tertiary alicyclic amines) is 1. The first-order chi connectivity index (χ1) is 37.2. The highest BCUT2D eigenvalue weighted by Crippen LogP contribution is 2.48. The number of hydrogen-bond acceptors (Lipinski definition) is 9. The Morgan fingerprint density at radius 3 is 2.24 bits per heavy atom. The number of allylic oxidation sites excluding steroid dienone is 6. The molecular formula is C57H63ClF2N7O10S2+. The smallest absolute Gasteiger partial charge is 0.323 e. The van der Waals surface area contributed by atoms with E-state index < -0.39 is 91.9 Å². The standard InChI is InChI=1S/C57H62ClF2N7O10S2/c1-6-64-45-25-23-38(78(72,73)74)29-41(45)55(2,3)48(64)20-9-7-10-21-49-56(4,5)42-30-39(79(75,76)77)24-26-46(42)65(49)27-14-8-11-22-50(68)63-34-57(60)31-47(53(70)62-32-36-16-15-18-43(58)52(36)59)67(35-57)51(69)28-37-33-66(54(61)71)44-19-13-12-17-40(37)44/h7,9-10,12-13,15-21,23-26,29-30,33,47H,6,8,11,14,22,27-28,31-32,34-35H2,1-5H3,(H5-,61,62,63,68,70,71,72,73,74,75,76,77)/p+1/t47-,57-/m0/s1. The number of carbonyl (C=O) groups is 4. The number of alkyl halides is 1. The van der Waals surface area contributed by atoms with Crippen molar-refractivity contribution in [2.24, 2.45) is 5.73 Å². The van der Waals surface area contributed by atoms with Gasteiger partial charge in [0.15, 0.2) is 5.71 Å². The van der Waals surface area contributed by atoms with E-state index in [2.05, 4.69) is 20.1 Å². The van der Waals surface area contributed by atoms with Crippen molar-refractivity contribution < 1.29 is 58.5 Å². The van der Waals surface area contributed by atoms with Crippen LogP contribution in [0.3, 0.4) is 0 Å². The maximum absolute atomic E-state index is 16.9. The van der Waals surface area contributed by atoms with Crippen LogP contribution < -0.4 is 21.3 Å². The van der Waals surface area contributed by atoms with Gasteiger partial charge >= 0.3 is 6.03 Å². The summed E-state index contributed by atoms with van der Waals surface area (Å²) in [7, 11) is -8.93. The maximum Gasteiger partial charge on any atom is 0.323 e. The van der Waals surface area contributed by atoms with E-state index >= 15 is 4.39 Å². The molecule has 8 rings (SSSR count). The Balaban J connectivity index is 0.927. The number of likely N-dealkylation sites (N-methyl/N-ethyl adjacent to an activating group) is 1. The number of hydrogen-bond donors (Lipinski definition) is 5. The predicted octanol–water partition coefficient (Wildman–Crippen LogP) is 8.59. The Labute approximate surface area is 463 Å². The molecule has 17 nitrogen and oxygen atoms in total. The second-order valence-electron chi connectivity index (χ2n) is 21.1. The normalized spacial score (nSPS) is 19.3. The van der Waals surface area contributed by atoms with E-state index in [0.29, 0.717) is 54.4 Å². The molecule has 2 atom stereocenters. The van der Waals surface area contributed by atoms with Crippen molar-refractivity contribution in [2.45, 2.75) is 112 Å². The predicted molar refractivity (Wildman–Crippen MR) is 297 cm³/mol. The fourth-order valence-electron chi connectivity index (χ4n) is 11.0. The number of nitrogens with two attached hydrogens (primary N) is 1. The molecule has 79 heavy (non-hydrogen) atoms. The summed E-state index contributed by atoms with van der Waals surface area (Å²) in [6, 6.07) is 18.0. The van der Waals surface area contributed by atoms with Gasteiger partial charge in [-0.25, -0.2) is 13.6 Å². The van der Waals surface area contributed by atoms with Gasteiger partial charge in [-0.2, -0.15) is 21.4 Å². The van der Waals surface area contributed by atoms with Crippen LogP contribution in [-0.2, 0) is 58.4 Å². The van der Waals surface area contributed by atoms with Crippen molar-refractivity contribution in [2.75, 3.05) is 31.1 Å². The number of rotatable bonds is 19. The van der Waals surface area contributed by atoms with Gasteiger partial charge in [-0.05, 0) is 93.3 Å². The van der Waals surface area contributed by atoms with E-state index in [4.69, 9.17) is 17.3 Å². The number of nitrogens with zero attached hydrogens (tertiary/aromatic N) is 4. The minimum atomic E-state index is -4.52. The topological polar surface area (TPSA) is 242 Å². The van der Waals surface area contributed by atoms with Crippen LogP contribution >= 0.6 is 11.6 Å². The third-order valence-electron chi connectivity index (χ3n) is 15.1. The van der Waals surface area contributed by atoms with E-state index in [9.17, 15) is 49.5 Å². The molecule has 0 spiro atoms. The molecule has 0 saturated carbocycles. The number of amides is 4. The van der Waals surface area contributed by atoms with Gasteiger partial charge in [-0.1, -0.05) is 74.0 Å². The molecule has 0 radical (unpaired) electrons. The number of fused-ring (bicyclic) bond motifs is 3. The maximum atomic E-state index is 16.9. The molecule has 6 N–H and O–H groups in total. The van der Waals surface area contributed by atoms with Crippen LogP contribution in [0.4, 0.5) is 25.0 Å². The van der Waals surface area contributed by atoms with E-state index in [0.717, 1.165) is 33.2 Å². The van der Waals surface area contributed by atoms with Gasteiger partial charge in [0.2, 0.25) is 23.4 Å². The fraction of sp³-hybridized carbons (Fsp3) is 0.351. The Morgan fingerprint density at radius 1 is 0.848 bits per heavy atom. The third-order valence-corrected chi connectivity index (χ3v) is 17.1. The zero-order chi connectivity index (χ0) is 57.4. The van der Waals surface area contributed by atoms with Gasteiger partial charge < -0.3 is 26.2 Å². The lowest BCUT2D eigenvalue weighted by Crippen LogP contribution is -2.46. The number of halogens is 3. The van der Waals surface area contributed by atoms with Crippen LogP contribution in [0.15, 0.2) is 131 Å². The highest BCUT2D eigenvalue weighted by molar-refractivity contribution is 7.86. The average Bonchev–Trinajstić information content (AvgIpc) is 4.24. The van der Waals surface area contributed by atoms with Crippen molar-refractivity contribution in [3.05, 3.63) is 154 Å². The summed E-state index contributed by atoms with van der Waals surface area (Å²) in [5.74, 6) is -2.55. The number of benzene rings is 4. The Hall–Kier alpha value is -7.04. The summed E-state index contributed by atoms with van der Waals surface area (Å²) in [6.45, 7) is 9.57. The number of anilines is 1. The number of nitrogens with one attached hydrogen (secondary N) is 2. The molecule has 3 aliphatic heterocycles. The number of unbranched alkanes of at least 4 members (excludes halogenated alkanes) is 2. The molecule has 1 aromatic heterocycles. The molecule has 4 amide bonds. The lowest BCUT2D eigenvalue weighted by Gasteiger charge is -2.25.